The van der Waals surface area contributed by atoms with Crippen LogP contribution in [0, 0.1) is 0 Å². The van der Waals surface area contributed by atoms with E-state index in [0.717, 1.165) is 0 Å². The van der Waals surface area contributed by atoms with Crippen molar-refractivity contribution in [2.45, 2.75) is 19.4 Å². The van der Waals surface area contributed by atoms with Gasteiger partial charge in [0.2, 0.25) is 5.91 Å². The summed E-state index contributed by atoms with van der Waals surface area (Å²) in [5.74, 6) is -0.294. The molecule has 1 aromatic heterocycles. The van der Waals surface area contributed by atoms with Gasteiger partial charge in [0.05, 0.1) is 0 Å². The molecule has 6 nitrogen and oxygen atoms in total. The molecule has 2 amide bonds. The number of hydrogen-bond donors (Lipinski definition) is 2. The highest BCUT2D eigenvalue weighted by Crippen LogP contribution is 2.10. The van der Waals surface area contributed by atoms with Crippen molar-refractivity contribution in [3.05, 3.63) is 49.1 Å². The molecule has 104 valence electrons. The zero-order valence-electron chi connectivity index (χ0n) is 11.3. The minimum Gasteiger partial charge on any atom is -0.324 e. The Balaban J connectivity index is 2.02. The summed E-state index contributed by atoms with van der Waals surface area (Å²) in [5, 5.41) is 5.40. The molecule has 0 aliphatic rings. The third-order valence-corrected chi connectivity index (χ3v) is 2.76. The van der Waals surface area contributed by atoms with Gasteiger partial charge in [0.25, 0.3) is 0 Å². The van der Waals surface area contributed by atoms with Gasteiger partial charge < -0.3 is 10.6 Å². The fourth-order valence-electron chi connectivity index (χ4n) is 1.58. The molecule has 0 unspecified atom stereocenters. The minimum atomic E-state index is -1.04. The third-order valence-electron chi connectivity index (χ3n) is 2.76. The van der Waals surface area contributed by atoms with Crippen LogP contribution in [0.2, 0.25) is 0 Å². The molecule has 0 aliphatic heterocycles. The molecule has 0 bridgehead atoms. The van der Waals surface area contributed by atoms with Crippen molar-refractivity contribution in [2.75, 3.05) is 5.32 Å². The van der Waals surface area contributed by atoms with Gasteiger partial charge in [-0.05, 0) is 26.0 Å². The van der Waals surface area contributed by atoms with E-state index in [-0.39, 0.29) is 5.91 Å². The molecular weight excluding hydrogens is 256 g/mol. The number of benzene rings is 1. The van der Waals surface area contributed by atoms with Gasteiger partial charge in [-0.25, -0.2) is 9.78 Å². The topological polar surface area (TPSA) is 76.0 Å². The molecule has 0 saturated heterocycles. The van der Waals surface area contributed by atoms with Crippen LogP contribution in [0.15, 0.2) is 49.1 Å². The molecule has 0 atom stereocenters. The van der Waals surface area contributed by atoms with Crippen molar-refractivity contribution >= 4 is 17.6 Å². The number of rotatable bonds is 3. The first-order valence-corrected chi connectivity index (χ1v) is 6.16. The fourth-order valence-corrected chi connectivity index (χ4v) is 1.58. The van der Waals surface area contributed by atoms with Gasteiger partial charge >= 0.3 is 6.03 Å². The van der Waals surface area contributed by atoms with Crippen LogP contribution in [-0.2, 0) is 4.79 Å². The molecule has 20 heavy (non-hydrogen) atoms. The van der Waals surface area contributed by atoms with E-state index < -0.39 is 11.6 Å². The van der Waals surface area contributed by atoms with Crippen molar-refractivity contribution in [2.24, 2.45) is 0 Å². The Morgan fingerprint density at radius 3 is 2.50 bits per heavy atom. The minimum absolute atomic E-state index is 0.294. The second-order valence-corrected chi connectivity index (χ2v) is 4.85. The monoisotopic (exact) mass is 272 g/mol. The third kappa shape index (κ3) is 3.23. The summed E-state index contributed by atoms with van der Waals surface area (Å²) >= 11 is 0. The molecule has 2 aromatic rings. The SMILES string of the molecule is CC(C)(NC(=O)n1ccnc1)C(=O)Nc1ccccc1. The summed E-state index contributed by atoms with van der Waals surface area (Å²) in [5.41, 5.74) is -0.362. The van der Waals surface area contributed by atoms with Gasteiger partial charge in [-0.3, -0.25) is 9.36 Å². The van der Waals surface area contributed by atoms with E-state index in [0.29, 0.717) is 5.69 Å². The lowest BCUT2D eigenvalue weighted by molar-refractivity contribution is -0.120. The van der Waals surface area contributed by atoms with E-state index >= 15 is 0 Å². The Kier molecular flexibility index (Phi) is 3.84. The first-order valence-electron chi connectivity index (χ1n) is 6.16. The quantitative estimate of drug-likeness (QED) is 0.895. The van der Waals surface area contributed by atoms with Crippen molar-refractivity contribution in [3.8, 4) is 0 Å². The number of para-hydroxylation sites is 1. The largest absolute Gasteiger partial charge is 0.327 e. The van der Waals surface area contributed by atoms with Crippen LogP contribution < -0.4 is 10.6 Å². The zero-order valence-corrected chi connectivity index (χ0v) is 11.3. The van der Waals surface area contributed by atoms with E-state index in [2.05, 4.69) is 15.6 Å². The predicted molar refractivity (Wildman–Crippen MR) is 75.3 cm³/mol. The summed E-state index contributed by atoms with van der Waals surface area (Å²) in [4.78, 5) is 27.9. The van der Waals surface area contributed by atoms with Crippen molar-refractivity contribution in [1.29, 1.82) is 0 Å². The van der Waals surface area contributed by atoms with Gasteiger partial charge in [0, 0.05) is 18.1 Å². The lowest BCUT2D eigenvalue weighted by Gasteiger charge is -2.25. The van der Waals surface area contributed by atoms with Gasteiger partial charge in [0.15, 0.2) is 0 Å². The highest BCUT2D eigenvalue weighted by atomic mass is 16.2. The second kappa shape index (κ2) is 5.56. The number of aromatic nitrogens is 2. The number of anilines is 1. The van der Waals surface area contributed by atoms with Gasteiger partial charge in [-0.2, -0.15) is 0 Å². The molecule has 0 spiro atoms. The van der Waals surface area contributed by atoms with Crippen LogP contribution >= 0.6 is 0 Å². The maximum Gasteiger partial charge on any atom is 0.327 e. The van der Waals surface area contributed by atoms with E-state index in [4.69, 9.17) is 0 Å². The summed E-state index contributed by atoms with van der Waals surface area (Å²) in [7, 11) is 0. The standard InChI is InChI=1S/C14H16N4O2/c1-14(2,17-13(20)18-9-8-15-10-18)12(19)16-11-6-4-3-5-7-11/h3-10H,1-2H3,(H,16,19)(H,17,20). The molecule has 2 rings (SSSR count). The van der Waals surface area contributed by atoms with Crippen molar-refractivity contribution < 1.29 is 9.59 Å². The Hall–Kier alpha value is -2.63. The highest BCUT2D eigenvalue weighted by molar-refractivity contribution is 5.99. The molecule has 6 heteroatoms. The van der Waals surface area contributed by atoms with Gasteiger partial charge in [-0.1, -0.05) is 18.2 Å². The lowest BCUT2D eigenvalue weighted by Crippen LogP contribution is -2.53. The van der Waals surface area contributed by atoms with Crippen LogP contribution in [-0.4, -0.2) is 27.0 Å². The lowest BCUT2D eigenvalue weighted by atomic mass is 10.0. The first kappa shape index (κ1) is 13.8. The summed E-state index contributed by atoms with van der Waals surface area (Å²) in [6, 6.07) is 8.67. The molecule has 0 radical (unpaired) electrons. The van der Waals surface area contributed by atoms with E-state index in [1.807, 2.05) is 18.2 Å². The Morgan fingerprint density at radius 1 is 1.20 bits per heavy atom. The summed E-state index contributed by atoms with van der Waals surface area (Å²) in [6.07, 6.45) is 4.39. The number of hydrogen-bond acceptors (Lipinski definition) is 3. The molecule has 0 saturated carbocycles. The van der Waals surface area contributed by atoms with Crippen LogP contribution in [0.25, 0.3) is 0 Å². The molecule has 1 heterocycles. The molecule has 1 aromatic carbocycles. The molecule has 0 aliphatic carbocycles. The average Bonchev–Trinajstić information content (AvgIpc) is 2.93. The van der Waals surface area contributed by atoms with E-state index in [9.17, 15) is 9.59 Å². The highest BCUT2D eigenvalue weighted by Gasteiger charge is 2.29. The van der Waals surface area contributed by atoms with Crippen LogP contribution in [0.4, 0.5) is 10.5 Å². The molecule has 0 fully saturated rings. The van der Waals surface area contributed by atoms with Gasteiger partial charge in [0.1, 0.15) is 11.9 Å². The first-order chi connectivity index (χ1) is 9.49. The Labute approximate surface area is 116 Å². The number of carbonyl (C=O) groups excluding carboxylic acids is 2. The smallest absolute Gasteiger partial charge is 0.324 e. The number of imidazole rings is 1. The maximum absolute atomic E-state index is 12.2. The van der Waals surface area contributed by atoms with E-state index in [1.54, 1.807) is 26.0 Å². The normalized spacial score (nSPS) is 10.9. The van der Waals surface area contributed by atoms with Crippen molar-refractivity contribution in [3.63, 3.8) is 0 Å². The Bertz CT molecular complexity index is 591. The summed E-state index contributed by atoms with van der Waals surface area (Å²) in [6.45, 7) is 3.28. The van der Waals surface area contributed by atoms with Crippen LogP contribution in [0.5, 0.6) is 0 Å². The Morgan fingerprint density at radius 2 is 1.90 bits per heavy atom. The van der Waals surface area contributed by atoms with Gasteiger partial charge in [-0.15, -0.1) is 0 Å². The van der Waals surface area contributed by atoms with Crippen LogP contribution in [0.3, 0.4) is 0 Å². The van der Waals surface area contributed by atoms with Crippen LogP contribution in [0.1, 0.15) is 13.8 Å². The predicted octanol–water partition coefficient (Wildman–Crippen LogP) is 1.86. The maximum atomic E-state index is 12.2. The number of amides is 2. The average molecular weight is 272 g/mol. The molecular formula is C14H16N4O2. The second-order valence-electron chi connectivity index (χ2n) is 4.85. The number of nitrogens with zero attached hydrogens (tertiary/aromatic N) is 2. The molecule has 2 N–H and O–H groups in total. The zero-order chi connectivity index (χ0) is 14.6. The summed E-state index contributed by atoms with van der Waals surface area (Å²) < 4.78 is 1.28. The van der Waals surface area contributed by atoms with Crippen molar-refractivity contribution in [1.82, 2.24) is 14.9 Å². The fraction of sp³-hybridized carbons (Fsp3) is 0.214. The number of nitrogens with one attached hydrogen (secondary N) is 2. The van der Waals surface area contributed by atoms with E-state index in [1.165, 1.54) is 23.3 Å². The number of carbonyl (C=O) groups is 2.